The van der Waals surface area contributed by atoms with Gasteiger partial charge in [-0.05, 0) is 18.6 Å². The van der Waals surface area contributed by atoms with Crippen LogP contribution in [0.15, 0.2) is 35.1 Å². The molecule has 1 aromatic heterocycles. The number of hydrogen-bond acceptors (Lipinski definition) is 2. The molecule has 0 aliphatic heterocycles. The molecule has 3 nitrogen and oxygen atoms in total. The standard InChI is InChI=1S/C13H15BrFN3/c1-2-5-18-8-9(7-17-18)13(16)11-4-3-10(14)6-12(11)15/h3-4,6-8,13H,2,5,16H2,1H3. The summed E-state index contributed by atoms with van der Waals surface area (Å²) in [6.45, 7) is 2.92. The fourth-order valence-electron chi connectivity index (χ4n) is 1.82. The largest absolute Gasteiger partial charge is 0.320 e. The van der Waals surface area contributed by atoms with Crippen LogP contribution in [0.5, 0.6) is 0 Å². The van der Waals surface area contributed by atoms with E-state index in [2.05, 4.69) is 28.0 Å². The molecular formula is C13H15BrFN3. The third-order valence-corrected chi connectivity index (χ3v) is 3.26. The van der Waals surface area contributed by atoms with E-state index in [1.165, 1.54) is 6.07 Å². The van der Waals surface area contributed by atoms with Crippen molar-refractivity contribution in [2.45, 2.75) is 25.9 Å². The van der Waals surface area contributed by atoms with Gasteiger partial charge in [-0.15, -0.1) is 0 Å². The van der Waals surface area contributed by atoms with Gasteiger partial charge in [0.25, 0.3) is 0 Å². The minimum Gasteiger partial charge on any atom is -0.320 e. The van der Waals surface area contributed by atoms with Gasteiger partial charge in [0.15, 0.2) is 0 Å². The average Bonchev–Trinajstić information content (AvgIpc) is 2.77. The summed E-state index contributed by atoms with van der Waals surface area (Å²) < 4.78 is 16.3. The summed E-state index contributed by atoms with van der Waals surface area (Å²) in [5.41, 5.74) is 7.37. The highest BCUT2D eigenvalue weighted by Crippen LogP contribution is 2.24. The van der Waals surface area contributed by atoms with Gasteiger partial charge in [-0.1, -0.05) is 28.9 Å². The van der Waals surface area contributed by atoms with Crippen LogP contribution in [0.1, 0.15) is 30.5 Å². The lowest BCUT2D eigenvalue weighted by Gasteiger charge is -2.11. The second-order valence-corrected chi connectivity index (χ2v) is 5.10. The Morgan fingerprint density at radius 2 is 2.28 bits per heavy atom. The fraction of sp³-hybridized carbons (Fsp3) is 0.308. The normalized spacial score (nSPS) is 12.7. The monoisotopic (exact) mass is 311 g/mol. The quantitative estimate of drug-likeness (QED) is 0.942. The van der Waals surface area contributed by atoms with Gasteiger partial charge in [-0.3, -0.25) is 4.68 Å². The minimum absolute atomic E-state index is 0.305. The van der Waals surface area contributed by atoms with Crippen LogP contribution in [0.2, 0.25) is 0 Å². The van der Waals surface area contributed by atoms with Crippen molar-refractivity contribution in [2.24, 2.45) is 5.73 Å². The number of nitrogens with zero attached hydrogens (tertiary/aromatic N) is 2. The summed E-state index contributed by atoms with van der Waals surface area (Å²) in [6, 6.07) is 4.42. The van der Waals surface area contributed by atoms with Gasteiger partial charge in [-0.25, -0.2) is 4.39 Å². The lowest BCUT2D eigenvalue weighted by atomic mass is 10.0. The predicted molar refractivity (Wildman–Crippen MR) is 72.6 cm³/mol. The minimum atomic E-state index is -0.483. The summed E-state index contributed by atoms with van der Waals surface area (Å²) in [7, 11) is 0. The summed E-state index contributed by atoms with van der Waals surface area (Å²) in [4.78, 5) is 0. The van der Waals surface area contributed by atoms with Gasteiger partial charge in [0.1, 0.15) is 5.82 Å². The highest BCUT2D eigenvalue weighted by molar-refractivity contribution is 9.10. The molecule has 5 heteroatoms. The molecule has 0 spiro atoms. The van der Waals surface area contributed by atoms with Crippen LogP contribution in [-0.4, -0.2) is 9.78 Å². The molecule has 0 saturated heterocycles. The maximum atomic E-state index is 13.8. The Morgan fingerprint density at radius 3 is 2.94 bits per heavy atom. The molecule has 1 aromatic carbocycles. The first kappa shape index (κ1) is 13.2. The van der Waals surface area contributed by atoms with Gasteiger partial charge in [0.2, 0.25) is 0 Å². The van der Waals surface area contributed by atoms with Gasteiger partial charge >= 0.3 is 0 Å². The van der Waals surface area contributed by atoms with Gasteiger partial charge < -0.3 is 5.73 Å². The number of halogens is 2. The van der Waals surface area contributed by atoms with E-state index in [9.17, 15) is 4.39 Å². The van der Waals surface area contributed by atoms with Crippen LogP contribution in [0.25, 0.3) is 0 Å². The predicted octanol–water partition coefficient (Wildman–Crippen LogP) is 3.24. The Labute approximate surface area is 114 Å². The van der Waals surface area contributed by atoms with Crippen molar-refractivity contribution < 1.29 is 4.39 Å². The Balaban J connectivity index is 2.26. The molecule has 0 amide bonds. The molecule has 1 heterocycles. The first-order chi connectivity index (χ1) is 8.61. The van der Waals surface area contributed by atoms with E-state index in [0.29, 0.717) is 10.0 Å². The molecule has 0 bridgehead atoms. The molecule has 0 saturated carbocycles. The smallest absolute Gasteiger partial charge is 0.129 e. The topological polar surface area (TPSA) is 43.8 Å². The first-order valence-corrected chi connectivity index (χ1v) is 6.64. The van der Waals surface area contributed by atoms with Crippen molar-refractivity contribution in [3.8, 4) is 0 Å². The van der Waals surface area contributed by atoms with Crippen LogP contribution in [0.4, 0.5) is 4.39 Å². The van der Waals surface area contributed by atoms with E-state index in [1.54, 1.807) is 18.3 Å². The number of hydrogen-bond donors (Lipinski definition) is 1. The fourth-order valence-corrected chi connectivity index (χ4v) is 2.16. The van der Waals surface area contributed by atoms with Crippen LogP contribution >= 0.6 is 15.9 Å². The zero-order valence-electron chi connectivity index (χ0n) is 10.1. The number of aryl methyl sites for hydroxylation is 1. The molecule has 1 atom stereocenters. The Morgan fingerprint density at radius 1 is 1.50 bits per heavy atom. The molecule has 2 N–H and O–H groups in total. The zero-order valence-corrected chi connectivity index (χ0v) is 11.7. The number of nitrogens with two attached hydrogens (primary N) is 1. The second-order valence-electron chi connectivity index (χ2n) is 4.18. The lowest BCUT2D eigenvalue weighted by molar-refractivity contribution is 0.594. The van der Waals surface area contributed by atoms with Crippen LogP contribution in [0, 0.1) is 5.82 Å². The summed E-state index contributed by atoms with van der Waals surface area (Å²) in [6.07, 6.45) is 4.57. The number of aromatic nitrogens is 2. The second kappa shape index (κ2) is 5.63. The summed E-state index contributed by atoms with van der Waals surface area (Å²) in [5, 5.41) is 4.20. The number of rotatable bonds is 4. The molecule has 1 unspecified atom stereocenters. The Hall–Kier alpha value is -1.20. The van der Waals surface area contributed by atoms with E-state index in [1.807, 2.05) is 10.9 Å². The van der Waals surface area contributed by atoms with Crippen molar-refractivity contribution in [2.75, 3.05) is 0 Å². The highest BCUT2D eigenvalue weighted by Gasteiger charge is 2.15. The molecular weight excluding hydrogens is 297 g/mol. The number of benzene rings is 1. The maximum absolute atomic E-state index is 13.8. The molecule has 96 valence electrons. The van der Waals surface area contributed by atoms with Crippen LogP contribution in [0.3, 0.4) is 0 Å². The maximum Gasteiger partial charge on any atom is 0.129 e. The van der Waals surface area contributed by atoms with Crippen molar-refractivity contribution in [1.29, 1.82) is 0 Å². The van der Waals surface area contributed by atoms with E-state index < -0.39 is 6.04 Å². The van der Waals surface area contributed by atoms with Crippen molar-refractivity contribution in [3.05, 3.63) is 52.0 Å². The molecule has 2 rings (SSSR count). The average molecular weight is 312 g/mol. The lowest BCUT2D eigenvalue weighted by Crippen LogP contribution is -2.13. The molecule has 0 radical (unpaired) electrons. The van der Waals surface area contributed by atoms with Crippen LogP contribution in [-0.2, 0) is 6.54 Å². The van der Waals surface area contributed by atoms with Crippen molar-refractivity contribution in [3.63, 3.8) is 0 Å². The highest BCUT2D eigenvalue weighted by atomic mass is 79.9. The first-order valence-electron chi connectivity index (χ1n) is 5.84. The molecule has 0 fully saturated rings. The van der Waals surface area contributed by atoms with E-state index in [-0.39, 0.29) is 5.82 Å². The molecule has 0 aliphatic carbocycles. The van der Waals surface area contributed by atoms with Gasteiger partial charge in [0.05, 0.1) is 12.2 Å². The van der Waals surface area contributed by atoms with E-state index >= 15 is 0 Å². The van der Waals surface area contributed by atoms with Gasteiger partial charge in [0, 0.05) is 28.3 Å². The summed E-state index contributed by atoms with van der Waals surface area (Å²) >= 11 is 3.23. The Kier molecular flexibility index (Phi) is 4.14. The Bertz CT molecular complexity index is 539. The van der Waals surface area contributed by atoms with Gasteiger partial charge in [-0.2, -0.15) is 5.10 Å². The van der Waals surface area contributed by atoms with E-state index in [4.69, 9.17) is 5.73 Å². The van der Waals surface area contributed by atoms with E-state index in [0.717, 1.165) is 18.5 Å². The third kappa shape index (κ3) is 2.79. The van der Waals surface area contributed by atoms with Crippen molar-refractivity contribution in [1.82, 2.24) is 9.78 Å². The summed E-state index contributed by atoms with van der Waals surface area (Å²) in [5.74, 6) is -0.305. The zero-order chi connectivity index (χ0) is 13.1. The van der Waals surface area contributed by atoms with Crippen molar-refractivity contribution >= 4 is 15.9 Å². The molecule has 18 heavy (non-hydrogen) atoms. The third-order valence-electron chi connectivity index (χ3n) is 2.76. The molecule has 2 aromatic rings. The van der Waals surface area contributed by atoms with Crippen LogP contribution < -0.4 is 5.73 Å². The molecule has 0 aliphatic rings. The SMILES string of the molecule is CCCn1cc(C(N)c2ccc(Br)cc2F)cn1.